The van der Waals surface area contributed by atoms with Gasteiger partial charge in [-0.25, -0.2) is 0 Å². The minimum absolute atomic E-state index is 0.359. The average molecular weight is 313 g/mol. The van der Waals surface area contributed by atoms with Gasteiger partial charge in [0.25, 0.3) is 0 Å². The van der Waals surface area contributed by atoms with Crippen LogP contribution < -0.4 is 11.1 Å². The average Bonchev–Trinajstić information content (AvgIpc) is 2.90. The Kier molecular flexibility index (Phi) is 3.86. The smallest absolute Gasteiger partial charge is 0.107 e. The summed E-state index contributed by atoms with van der Waals surface area (Å²) in [5.74, 6) is 0. The van der Waals surface area contributed by atoms with Gasteiger partial charge in [0.05, 0.1) is 16.8 Å². The van der Waals surface area contributed by atoms with E-state index in [1.54, 1.807) is 17.5 Å². The van der Waals surface area contributed by atoms with Gasteiger partial charge in [0.15, 0.2) is 0 Å². The highest BCUT2D eigenvalue weighted by atomic mass is 32.1. The van der Waals surface area contributed by atoms with Gasteiger partial charge in [0.2, 0.25) is 0 Å². The van der Waals surface area contributed by atoms with Crippen LogP contribution in [0, 0.1) is 6.92 Å². The molecule has 3 nitrogen and oxygen atoms in total. The van der Waals surface area contributed by atoms with Gasteiger partial charge in [-0.15, -0.1) is 11.3 Å². The molecule has 0 aliphatic carbocycles. The van der Waals surface area contributed by atoms with Crippen molar-refractivity contribution in [3.05, 3.63) is 57.9 Å². The van der Waals surface area contributed by atoms with Gasteiger partial charge in [-0.3, -0.25) is 4.98 Å². The maximum absolute atomic E-state index is 5.83. The quantitative estimate of drug-likeness (QED) is 0.718. The molecule has 0 aliphatic heterocycles. The summed E-state index contributed by atoms with van der Waals surface area (Å²) < 4.78 is 0. The minimum atomic E-state index is 0.359. The van der Waals surface area contributed by atoms with Crippen molar-refractivity contribution in [2.75, 3.05) is 5.32 Å². The predicted molar refractivity (Wildman–Crippen MR) is 94.0 cm³/mol. The summed E-state index contributed by atoms with van der Waals surface area (Å²) in [6.07, 6.45) is 1.74. The van der Waals surface area contributed by atoms with E-state index < -0.39 is 0 Å². The Balaban J connectivity index is 2.01. The zero-order chi connectivity index (χ0) is 14.8. The second-order valence-electron chi connectivity index (χ2n) is 4.79. The first kappa shape index (κ1) is 14.0. The Labute approximate surface area is 132 Å². The van der Waals surface area contributed by atoms with Crippen molar-refractivity contribution in [2.45, 2.75) is 13.5 Å². The fourth-order valence-electron chi connectivity index (χ4n) is 2.27. The van der Waals surface area contributed by atoms with E-state index >= 15 is 0 Å². The number of hydrogen-bond donors (Lipinski definition) is 2. The number of benzene rings is 1. The highest BCUT2D eigenvalue weighted by Crippen LogP contribution is 2.27. The van der Waals surface area contributed by atoms with E-state index in [4.69, 9.17) is 18.0 Å². The summed E-state index contributed by atoms with van der Waals surface area (Å²) >= 11 is 6.93. The van der Waals surface area contributed by atoms with Crippen LogP contribution in [0.5, 0.6) is 0 Å². The Morgan fingerprint density at radius 1 is 1.29 bits per heavy atom. The summed E-state index contributed by atoms with van der Waals surface area (Å²) in [6, 6.07) is 12.2. The largest absolute Gasteiger partial charge is 0.389 e. The van der Waals surface area contributed by atoms with Gasteiger partial charge < -0.3 is 11.1 Å². The first-order chi connectivity index (χ1) is 10.1. The number of hydrogen-bond acceptors (Lipinski definition) is 4. The summed E-state index contributed by atoms with van der Waals surface area (Å²) in [5, 5.41) is 4.51. The molecule has 0 unspecified atom stereocenters. The lowest BCUT2D eigenvalue weighted by Gasteiger charge is -2.13. The van der Waals surface area contributed by atoms with Crippen LogP contribution >= 0.6 is 23.6 Å². The number of aromatic nitrogens is 1. The second kappa shape index (κ2) is 5.79. The van der Waals surface area contributed by atoms with E-state index in [-0.39, 0.29) is 0 Å². The number of nitrogens with two attached hydrogens (primary N) is 1. The van der Waals surface area contributed by atoms with Crippen molar-refractivity contribution in [1.29, 1.82) is 0 Å². The molecule has 2 heterocycles. The highest BCUT2D eigenvalue weighted by Gasteiger charge is 2.10. The third kappa shape index (κ3) is 2.89. The van der Waals surface area contributed by atoms with Gasteiger partial charge in [-0.2, -0.15) is 0 Å². The second-order valence-corrected chi connectivity index (χ2v) is 6.61. The third-order valence-electron chi connectivity index (χ3n) is 3.28. The molecule has 5 heteroatoms. The van der Waals surface area contributed by atoms with Crippen LogP contribution in [-0.2, 0) is 6.54 Å². The lowest BCUT2D eigenvalue weighted by molar-refractivity contribution is 1.19. The number of nitrogens with zero attached hydrogens (tertiary/aromatic N) is 1. The monoisotopic (exact) mass is 313 g/mol. The number of thiophene rings is 1. The predicted octanol–water partition coefficient (Wildman–Crippen LogP) is 3.85. The molecule has 0 aliphatic rings. The van der Waals surface area contributed by atoms with Gasteiger partial charge in [0, 0.05) is 27.9 Å². The van der Waals surface area contributed by atoms with Gasteiger partial charge in [0.1, 0.15) is 4.99 Å². The molecule has 3 rings (SSSR count). The fraction of sp³-hybridized carbons (Fsp3) is 0.125. The van der Waals surface area contributed by atoms with Crippen molar-refractivity contribution < 1.29 is 0 Å². The molecule has 0 amide bonds. The number of thiocarbonyl (C=S) groups is 1. The van der Waals surface area contributed by atoms with E-state index in [1.807, 2.05) is 24.3 Å². The third-order valence-corrected chi connectivity index (χ3v) is 4.50. The number of fused-ring (bicyclic) bond motifs is 1. The molecule has 1 aromatic carbocycles. The lowest BCUT2D eigenvalue weighted by atomic mass is 10.1. The topological polar surface area (TPSA) is 50.9 Å². The molecule has 0 bridgehead atoms. The highest BCUT2D eigenvalue weighted by molar-refractivity contribution is 7.80. The fourth-order valence-corrected chi connectivity index (χ4v) is 3.26. The van der Waals surface area contributed by atoms with Crippen LogP contribution in [0.2, 0.25) is 0 Å². The molecule has 0 radical (unpaired) electrons. The maximum atomic E-state index is 5.83. The van der Waals surface area contributed by atoms with E-state index in [0.717, 1.165) is 28.7 Å². The Morgan fingerprint density at radius 2 is 2.10 bits per heavy atom. The standard InChI is InChI=1S/C16H15N3S2/c1-10-6-7-11(21-10)8-19-15-12-4-2-3-5-14(12)18-9-13(15)16(17)20/h2-7,9H,8H2,1H3,(H2,17,20)(H,18,19). The van der Waals surface area contributed by atoms with E-state index in [2.05, 4.69) is 29.4 Å². The van der Waals surface area contributed by atoms with Crippen LogP contribution in [0.25, 0.3) is 10.9 Å². The Morgan fingerprint density at radius 3 is 2.81 bits per heavy atom. The number of nitrogens with one attached hydrogen (secondary N) is 1. The van der Waals surface area contributed by atoms with Crippen LogP contribution in [0.4, 0.5) is 5.69 Å². The molecule has 3 N–H and O–H groups in total. The van der Waals surface area contributed by atoms with E-state index in [1.165, 1.54) is 9.75 Å². The zero-order valence-corrected chi connectivity index (χ0v) is 13.2. The summed E-state index contributed by atoms with van der Waals surface area (Å²) in [5.41, 5.74) is 8.51. The van der Waals surface area contributed by atoms with Crippen molar-refractivity contribution in [3.63, 3.8) is 0 Å². The van der Waals surface area contributed by atoms with Gasteiger partial charge in [-0.1, -0.05) is 30.4 Å². The van der Waals surface area contributed by atoms with Gasteiger partial charge >= 0.3 is 0 Å². The molecule has 106 valence electrons. The maximum Gasteiger partial charge on any atom is 0.107 e. The molecular formula is C16H15N3S2. The molecule has 0 saturated heterocycles. The lowest BCUT2D eigenvalue weighted by Crippen LogP contribution is -2.14. The summed E-state index contributed by atoms with van der Waals surface area (Å²) in [6.45, 7) is 2.86. The SMILES string of the molecule is Cc1ccc(CNc2c(C(N)=S)cnc3ccccc23)s1. The van der Waals surface area contributed by atoms with E-state index in [0.29, 0.717) is 4.99 Å². The van der Waals surface area contributed by atoms with Crippen LogP contribution in [0.3, 0.4) is 0 Å². The summed E-state index contributed by atoms with van der Waals surface area (Å²) in [7, 11) is 0. The molecule has 3 aromatic rings. The van der Waals surface area contributed by atoms with Crippen molar-refractivity contribution >= 4 is 45.1 Å². The molecular weight excluding hydrogens is 298 g/mol. The first-order valence-corrected chi connectivity index (χ1v) is 7.84. The number of rotatable bonds is 4. The molecule has 21 heavy (non-hydrogen) atoms. The molecule has 0 saturated carbocycles. The van der Waals surface area contributed by atoms with E-state index in [9.17, 15) is 0 Å². The first-order valence-electron chi connectivity index (χ1n) is 6.62. The number of para-hydroxylation sites is 1. The molecule has 2 aromatic heterocycles. The van der Waals surface area contributed by atoms with Crippen LogP contribution in [-0.4, -0.2) is 9.97 Å². The summed E-state index contributed by atoms with van der Waals surface area (Å²) in [4.78, 5) is 7.36. The van der Waals surface area contributed by atoms with Crippen molar-refractivity contribution in [3.8, 4) is 0 Å². The Bertz CT molecular complexity index is 808. The minimum Gasteiger partial charge on any atom is -0.389 e. The van der Waals surface area contributed by atoms with Crippen LogP contribution in [0.15, 0.2) is 42.6 Å². The number of aryl methyl sites for hydroxylation is 1. The molecule has 0 fully saturated rings. The van der Waals surface area contributed by atoms with Gasteiger partial charge in [-0.05, 0) is 25.1 Å². The number of anilines is 1. The zero-order valence-electron chi connectivity index (χ0n) is 11.6. The van der Waals surface area contributed by atoms with Crippen molar-refractivity contribution in [2.24, 2.45) is 5.73 Å². The van der Waals surface area contributed by atoms with Crippen molar-refractivity contribution in [1.82, 2.24) is 4.98 Å². The number of pyridine rings is 1. The normalized spacial score (nSPS) is 10.7. The van der Waals surface area contributed by atoms with Crippen LogP contribution in [0.1, 0.15) is 15.3 Å². The molecule has 0 atom stereocenters. The molecule has 0 spiro atoms. The Hall–Kier alpha value is -1.98.